The Morgan fingerprint density at radius 2 is 2.06 bits per heavy atom. The van der Waals surface area contributed by atoms with Crippen molar-refractivity contribution in [2.45, 2.75) is 33.1 Å². The Morgan fingerprint density at radius 1 is 1.31 bits per heavy atom. The van der Waals surface area contributed by atoms with Crippen molar-refractivity contribution in [1.29, 1.82) is 0 Å². The van der Waals surface area contributed by atoms with E-state index < -0.39 is 0 Å². The summed E-state index contributed by atoms with van der Waals surface area (Å²) in [4.78, 5) is 21.7. The second-order valence-electron chi connectivity index (χ2n) is 3.77. The molecule has 0 N–H and O–H groups in total. The van der Waals surface area contributed by atoms with Gasteiger partial charge in [0.1, 0.15) is 0 Å². The van der Waals surface area contributed by atoms with Crippen LogP contribution in [0.3, 0.4) is 0 Å². The molecule has 0 spiro atoms. The van der Waals surface area contributed by atoms with E-state index in [0.29, 0.717) is 13.2 Å². The molecule has 0 radical (unpaired) electrons. The lowest BCUT2D eigenvalue weighted by atomic mass is 10.1. The highest BCUT2D eigenvalue weighted by Gasteiger charge is 2.32. The van der Waals surface area contributed by atoms with Crippen molar-refractivity contribution in [1.82, 2.24) is 0 Å². The van der Waals surface area contributed by atoms with Crippen LogP contribution in [0, 0.1) is 5.92 Å². The summed E-state index contributed by atoms with van der Waals surface area (Å²) in [6.45, 7) is 4.11. The number of unbranched alkanes of at least 4 members (excludes halogenated alkanes) is 1. The largest absolute Gasteiger partial charge is 0.466 e. The van der Waals surface area contributed by atoms with Gasteiger partial charge in [-0.25, -0.2) is 0 Å². The van der Waals surface area contributed by atoms with Gasteiger partial charge in [0.05, 0.1) is 19.1 Å². The van der Waals surface area contributed by atoms with Crippen molar-refractivity contribution in [3.63, 3.8) is 0 Å². The smallest absolute Gasteiger partial charge is 0.316 e. The third kappa shape index (κ3) is 4.47. The fourth-order valence-corrected chi connectivity index (χ4v) is 1.50. The van der Waals surface area contributed by atoms with Crippen LogP contribution in [0.5, 0.6) is 0 Å². The van der Waals surface area contributed by atoms with Gasteiger partial charge >= 0.3 is 11.9 Å². The monoisotopic (exact) mass is 226 g/mol. The molecule has 1 atom stereocenters. The number of carbonyl (C=O) groups is 2. The van der Waals surface area contributed by atoms with Gasteiger partial charge in [-0.2, -0.15) is 0 Å². The Bertz CT molecular complexity index is 293. The van der Waals surface area contributed by atoms with Crippen molar-refractivity contribution in [2.24, 2.45) is 5.92 Å². The molecule has 0 fully saturated rings. The van der Waals surface area contributed by atoms with E-state index in [0.717, 1.165) is 24.8 Å². The first-order valence-corrected chi connectivity index (χ1v) is 5.65. The Balaban J connectivity index is 1.98. The third-order valence-corrected chi connectivity index (χ3v) is 2.38. The van der Waals surface area contributed by atoms with Gasteiger partial charge in [0.2, 0.25) is 0 Å². The number of hydrogen-bond acceptors (Lipinski definition) is 4. The van der Waals surface area contributed by atoms with E-state index in [9.17, 15) is 9.59 Å². The Kier molecular flexibility index (Phi) is 5.02. The SMILES string of the molecule is CCOC(=O)C1C=C1CCCCOC(C)=O. The Morgan fingerprint density at radius 3 is 2.69 bits per heavy atom. The molecular formula is C12H18O4. The summed E-state index contributed by atoms with van der Waals surface area (Å²) in [5, 5.41) is 0. The highest BCUT2D eigenvalue weighted by molar-refractivity contribution is 5.83. The quantitative estimate of drug-likeness (QED) is 0.377. The van der Waals surface area contributed by atoms with Gasteiger partial charge in [0.15, 0.2) is 0 Å². The number of hydrogen-bond donors (Lipinski definition) is 0. The van der Waals surface area contributed by atoms with Crippen LogP contribution >= 0.6 is 0 Å². The van der Waals surface area contributed by atoms with E-state index in [1.807, 2.05) is 6.08 Å². The first-order valence-electron chi connectivity index (χ1n) is 5.65. The molecule has 1 rings (SSSR count). The molecule has 0 aromatic rings. The van der Waals surface area contributed by atoms with Crippen LogP contribution in [-0.4, -0.2) is 25.2 Å². The first-order chi connectivity index (χ1) is 7.65. The van der Waals surface area contributed by atoms with Crippen molar-refractivity contribution in [3.05, 3.63) is 11.6 Å². The zero-order chi connectivity index (χ0) is 12.0. The molecule has 1 aliphatic carbocycles. The molecule has 1 aliphatic rings. The number of rotatable bonds is 7. The average molecular weight is 226 g/mol. The molecule has 90 valence electrons. The summed E-state index contributed by atoms with van der Waals surface area (Å²) in [5.74, 6) is -0.457. The molecule has 16 heavy (non-hydrogen) atoms. The van der Waals surface area contributed by atoms with Crippen LogP contribution in [0.25, 0.3) is 0 Å². The Labute approximate surface area is 95.6 Å². The Hall–Kier alpha value is -1.32. The number of esters is 2. The van der Waals surface area contributed by atoms with Gasteiger partial charge in [0.25, 0.3) is 0 Å². The van der Waals surface area contributed by atoms with Crippen LogP contribution in [0.15, 0.2) is 11.6 Å². The van der Waals surface area contributed by atoms with Crippen molar-refractivity contribution < 1.29 is 19.1 Å². The highest BCUT2D eigenvalue weighted by atomic mass is 16.5. The van der Waals surface area contributed by atoms with Crippen molar-refractivity contribution in [3.8, 4) is 0 Å². The summed E-state index contributed by atoms with van der Waals surface area (Å²) >= 11 is 0. The van der Waals surface area contributed by atoms with E-state index in [4.69, 9.17) is 9.47 Å². The lowest BCUT2D eigenvalue weighted by molar-refractivity contribution is -0.144. The average Bonchev–Trinajstić information content (AvgIpc) is 2.97. The second-order valence-corrected chi connectivity index (χ2v) is 3.77. The minimum Gasteiger partial charge on any atom is -0.466 e. The minimum absolute atomic E-state index is 0.0753. The van der Waals surface area contributed by atoms with Gasteiger partial charge in [-0.1, -0.05) is 11.6 Å². The minimum atomic E-state index is -0.241. The van der Waals surface area contributed by atoms with Crippen LogP contribution < -0.4 is 0 Å². The molecule has 4 nitrogen and oxygen atoms in total. The first kappa shape index (κ1) is 12.7. The maximum atomic E-state index is 11.3. The van der Waals surface area contributed by atoms with E-state index in [2.05, 4.69) is 0 Å². The van der Waals surface area contributed by atoms with E-state index in [-0.39, 0.29) is 17.9 Å². The topological polar surface area (TPSA) is 52.6 Å². The zero-order valence-corrected chi connectivity index (χ0v) is 9.82. The molecule has 1 unspecified atom stereocenters. The van der Waals surface area contributed by atoms with Crippen LogP contribution in [-0.2, 0) is 19.1 Å². The van der Waals surface area contributed by atoms with Gasteiger partial charge in [-0.15, -0.1) is 0 Å². The number of carbonyl (C=O) groups excluding carboxylic acids is 2. The summed E-state index contributed by atoms with van der Waals surface area (Å²) in [6, 6.07) is 0. The molecule has 0 aromatic heterocycles. The molecule has 0 aliphatic heterocycles. The van der Waals surface area contributed by atoms with Gasteiger partial charge in [-0.05, 0) is 26.2 Å². The predicted octanol–water partition coefficient (Wildman–Crippen LogP) is 1.84. The van der Waals surface area contributed by atoms with E-state index in [1.54, 1.807) is 6.92 Å². The molecule has 4 heteroatoms. The van der Waals surface area contributed by atoms with Crippen molar-refractivity contribution in [2.75, 3.05) is 13.2 Å². The molecule has 0 heterocycles. The zero-order valence-electron chi connectivity index (χ0n) is 9.82. The molecule has 0 amide bonds. The summed E-state index contributed by atoms with van der Waals surface area (Å²) in [6.07, 6.45) is 4.61. The molecule has 0 saturated heterocycles. The molecular weight excluding hydrogens is 208 g/mol. The van der Waals surface area contributed by atoms with E-state index >= 15 is 0 Å². The predicted molar refractivity (Wildman–Crippen MR) is 58.7 cm³/mol. The van der Waals surface area contributed by atoms with Gasteiger partial charge in [0, 0.05) is 6.92 Å². The summed E-state index contributed by atoms with van der Waals surface area (Å²) in [5.41, 5.74) is 1.15. The molecule has 0 aromatic carbocycles. The van der Waals surface area contributed by atoms with Gasteiger partial charge in [-0.3, -0.25) is 9.59 Å². The van der Waals surface area contributed by atoms with Crippen molar-refractivity contribution >= 4 is 11.9 Å². The fourth-order valence-electron chi connectivity index (χ4n) is 1.50. The summed E-state index contributed by atoms with van der Waals surface area (Å²) in [7, 11) is 0. The normalized spacial score (nSPS) is 17.6. The van der Waals surface area contributed by atoms with Crippen LogP contribution in [0.4, 0.5) is 0 Å². The standard InChI is InChI=1S/C12H18O4/c1-3-15-12(14)11-8-10(11)6-4-5-7-16-9(2)13/h8,11H,3-7H2,1-2H3. The highest BCUT2D eigenvalue weighted by Crippen LogP contribution is 2.34. The van der Waals surface area contributed by atoms with Crippen LogP contribution in [0.1, 0.15) is 33.1 Å². The molecule has 0 saturated carbocycles. The third-order valence-electron chi connectivity index (χ3n) is 2.38. The lowest BCUT2D eigenvalue weighted by Gasteiger charge is -2.02. The fraction of sp³-hybridized carbons (Fsp3) is 0.667. The molecule has 0 bridgehead atoms. The van der Waals surface area contributed by atoms with Gasteiger partial charge < -0.3 is 9.47 Å². The maximum Gasteiger partial charge on any atom is 0.316 e. The maximum absolute atomic E-state index is 11.3. The van der Waals surface area contributed by atoms with Crippen LogP contribution in [0.2, 0.25) is 0 Å². The lowest BCUT2D eigenvalue weighted by Crippen LogP contribution is -2.08. The number of ether oxygens (including phenoxy) is 2. The van der Waals surface area contributed by atoms with E-state index in [1.165, 1.54) is 6.92 Å². The second kappa shape index (κ2) is 6.30. The summed E-state index contributed by atoms with van der Waals surface area (Å²) < 4.78 is 9.70.